The fourth-order valence-corrected chi connectivity index (χ4v) is 1.58. The molecule has 2 rings (SSSR count). The monoisotopic (exact) mass is 194 g/mol. The van der Waals surface area contributed by atoms with Crippen LogP contribution in [0.15, 0.2) is 18.2 Å². The van der Waals surface area contributed by atoms with Crippen molar-refractivity contribution in [2.75, 3.05) is 13.2 Å². The van der Waals surface area contributed by atoms with Gasteiger partial charge in [0.1, 0.15) is 12.1 Å². The number of halogens is 1. The number of carbonyl (C=O) groups excluding carboxylic acids is 1. The maximum atomic E-state index is 13.0. The Labute approximate surface area is 81.7 Å². The van der Waals surface area contributed by atoms with Gasteiger partial charge in [-0.3, -0.25) is 0 Å². The molecule has 0 radical (unpaired) electrons. The first-order valence-corrected chi connectivity index (χ1v) is 4.49. The van der Waals surface area contributed by atoms with E-state index in [0.717, 1.165) is 11.8 Å². The Morgan fingerprint density at radius 2 is 2.21 bits per heavy atom. The molecule has 0 spiro atoms. The van der Waals surface area contributed by atoms with Crippen molar-refractivity contribution in [3.63, 3.8) is 0 Å². The number of aryl methyl sites for hydroxylation is 1. The molecule has 0 unspecified atom stereocenters. The smallest absolute Gasteiger partial charge is 0.135 e. The van der Waals surface area contributed by atoms with Crippen LogP contribution < -0.4 is 0 Å². The fourth-order valence-electron chi connectivity index (χ4n) is 1.58. The Balaban J connectivity index is 2.41. The minimum absolute atomic E-state index is 0.241. The summed E-state index contributed by atoms with van der Waals surface area (Å²) in [5.41, 5.74) is 0.881. The predicted octanol–water partition coefficient (Wildman–Crippen LogP) is 1.60. The molecule has 1 aliphatic heterocycles. The third-order valence-electron chi connectivity index (χ3n) is 2.68. The summed E-state index contributed by atoms with van der Waals surface area (Å²) >= 11 is 0. The van der Waals surface area contributed by atoms with Crippen molar-refractivity contribution in [3.8, 4) is 0 Å². The average Bonchev–Trinajstić information content (AvgIpc) is 2.10. The summed E-state index contributed by atoms with van der Waals surface area (Å²) in [5.74, 6) is -0.241. The van der Waals surface area contributed by atoms with Gasteiger partial charge in [-0.05, 0) is 24.1 Å². The van der Waals surface area contributed by atoms with E-state index in [2.05, 4.69) is 0 Å². The summed E-state index contributed by atoms with van der Waals surface area (Å²) < 4.78 is 18.0. The third kappa shape index (κ3) is 1.24. The summed E-state index contributed by atoms with van der Waals surface area (Å²) in [7, 11) is 0. The first kappa shape index (κ1) is 9.34. The quantitative estimate of drug-likeness (QED) is 0.668. The van der Waals surface area contributed by atoms with Crippen LogP contribution in [0.5, 0.6) is 0 Å². The minimum Gasteiger partial charge on any atom is -0.379 e. The highest BCUT2D eigenvalue weighted by Gasteiger charge is 2.40. The lowest BCUT2D eigenvalue weighted by Crippen LogP contribution is -2.48. The van der Waals surface area contributed by atoms with Crippen LogP contribution in [0, 0.1) is 12.7 Å². The van der Waals surface area contributed by atoms with Crippen LogP contribution in [-0.2, 0) is 14.9 Å². The molecule has 74 valence electrons. The molecule has 0 bridgehead atoms. The summed E-state index contributed by atoms with van der Waals surface area (Å²) in [6, 6.07) is 4.76. The molecular formula is C11H11FO2. The van der Waals surface area contributed by atoms with Crippen molar-refractivity contribution >= 4 is 6.29 Å². The van der Waals surface area contributed by atoms with Gasteiger partial charge >= 0.3 is 0 Å². The van der Waals surface area contributed by atoms with Gasteiger partial charge in [0.15, 0.2) is 0 Å². The van der Waals surface area contributed by atoms with E-state index in [-0.39, 0.29) is 5.82 Å². The van der Waals surface area contributed by atoms with E-state index < -0.39 is 5.41 Å². The minimum atomic E-state index is -0.529. The van der Waals surface area contributed by atoms with E-state index in [1.807, 2.05) is 0 Å². The zero-order valence-electron chi connectivity index (χ0n) is 7.92. The van der Waals surface area contributed by atoms with Gasteiger partial charge in [-0.2, -0.15) is 0 Å². The van der Waals surface area contributed by atoms with E-state index in [4.69, 9.17) is 4.74 Å². The van der Waals surface area contributed by atoms with Gasteiger partial charge in [0.2, 0.25) is 0 Å². The molecular weight excluding hydrogens is 183 g/mol. The SMILES string of the molecule is Cc1cc(C2(C=O)COC2)ccc1F. The van der Waals surface area contributed by atoms with Crippen LogP contribution in [0.4, 0.5) is 4.39 Å². The van der Waals surface area contributed by atoms with Crippen LogP contribution >= 0.6 is 0 Å². The number of carbonyl (C=O) groups is 1. The van der Waals surface area contributed by atoms with Crippen molar-refractivity contribution in [3.05, 3.63) is 35.1 Å². The summed E-state index contributed by atoms with van der Waals surface area (Å²) in [4.78, 5) is 10.9. The number of benzene rings is 1. The normalized spacial score (nSPS) is 18.7. The first-order valence-electron chi connectivity index (χ1n) is 4.49. The van der Waals surface area contributed by atoms with E-state index in [1.165, 1.54) is 6.07 Å². The molecule has 0 N–H and O–H groups in total. The molecule has 0 aliphatic carbocycles. The molecule has 0 amide bonds. The zero-order valence-corrected chi connectivity index (χ0v) is 7.92. The molecule has 3 heteroatoms. The van der Waals surface area contributed by atoms with E-state index >= 15 is 0 Å². The predicted molar refractivity (Wildman–Crippen MR) is 49.7 cm³/mol. The molecule has 1 aromatic rings. The topological polar surface area (TPSA) is 26.3 Å². The highest BCUT2D eigenvalue weighted by molar-refractivity contribution is 5.70. The standard InChI is InChI=1S/C11H11FO2/c1-8-4-9(2-3-10(8)12)11(5-13)6-14-7-11/h2-5H,6-7H2,1H3. The van der Waals surface area contributed by atoms with Gasteiger partial charge in [0.25, 0.3) is 0 Å². The lowest BCUT2D eigenvalue weighted by molar-refractivity contribution is -0.129. The second-order valence-electron chi connectivity index (χ2n) is 3.73. The van der Waals surface area contributed by atoms with Crippen molar-refractivity contribution in [1.29, 1.82) is 0 Å². The number of hydrogen-bond donors (Lipinski definition) is 0. The van der Waals surface area contributed by atoms with Gasteiger partial charge in [0.05, 0.1) is 18.6 Å². The number of rotatable bonds is 2. The lowest BCUT2D eigenvalue weighted by Gasteiger charge is -2.37. The van der Waals surface area contributed by atoms with Crippen molar-refractivity contribution in [1.82, 2.24) is 0 Å². The van der Waals surface area contributed by atoms with Gasteiger partial charge in [0, 0.05) is 0 Å². The molecule has 0 atom stereocenters. The van der Waals surface area contributed by atoms with Crippen LogP contribution in [0.1, 0.15) is 11.1 Å². The summed E-state index contributed by atoms with van der Waals surface area (Å²) in [6.45, 7) is 2.50. The van der Waals surface area contributed by atoms with Crippen LogP contribution in [0.25, 0.3) is 0 Å². The Kier molecular flexibility index (Phi) is 2.11. The molecule has 1 aromatic carbocycles. The highest BCUT2D eigenvalue weighted by Crippen LogP contribution is 2.31. The third-order valence-corrected chi connectivity index (χ3v) is 2.68. The van der Waals surface area contributed by atoms with Crippen LogP contribution in [0.2, 0.25) is 0 Å². The van der Waals surface area contributed by atoms with Gasteiger partial charge in [-0.1, -0.05) is 12.1 Å². The van der Waals surface area contributed by atoms with E-state index in [0.29, 0.717) is 18.8 Å². The maximum Gasteiger partial charge on any atom is 0.135 e. The molecule has 1 aliphatic rings. The van der Waals surface area contributed by atoms with Crippen molar-refractivity contribution in [2.24, 2.45) is 0 Å². The molecule has 0 saturated carbocycles. The molecule has 14 heavy (non-hydrogen) atoms. The lowest BCUT2D eigenvalue weighted by atomic mass is 9.79. The van der Waals surface area contributed by atoms with E-state index in [1.54, 1.807) is 19.1 Å². The first-order chi connectivity index (χ1) is 6.68. The summed E-state index contributed by atoms with van der Waals surface area (Å²) in [5, 5.41) is 0. The number of hydrogen-bond acceptors (Lipinski definition) is 2. The molecule has 2 nitrogen and oxygen atoms in total. The van der Waals surface area contributed by atoms with Gasteiger partial charge in [-0.15, -0.1) is 0 Å². The molecule has 1 fully saturated rings. The zero-order chi connectivity index (χ0) is 10.2. The van der Waals surface area contributed by atoms with Crippen molar-refractivity contribution < 1.29 is 13.9 Å². The molecule has 0 aromatic heterocycles. The Morgan fingerprint density at radius 1 is 1.50 bits per heavy atom. The van der Waals surface area contributed by atoms with Gasteiger partial charge < -0.3 is 9.53 Å². The number of aldehydes is 1. The fraction of sp³-hybridized carbons (Fsp3) is 0.364. The van der Waals surface area contributed by atoms with Crippen LogP contribution in [0.3, 0.4) is 0 Å². The number of ether oxygens (including phenoxy) is 1. The maximum absolute atomic E-state index is 13.0. The van der Waals surface area contributed by atoms with Crippen molar-refractivity contribution in [2.45, 2.75) is 12.3 Å². The Morgan fingerprint density at radius 3 is 2.64 bits per heavy atom. The van der Waals surface area contributed by atoms with Crippen LogP contribution in [-0.4, -0.2) is 19.5 Å². The molecule has 1 heterocycles. The highest BCUT2D eigenvalue weighted by atomic mass is 19.1. The summed E-state index contributed by atoms with van der Waals surface area (Å²) in [6.07, 6.45) is 0.892. The van der Waals surface area contributed by atoms with Gasteiger partial charge in [-0.25, -0.2) is 4.39 Å². The Bertz CT molecular complexity index is 370. The Hall–Kier alpha value is -1.22. The second-order valence-corrected chi connectivity index (χ2v) is 3.73. The second kappa shape index (κ2) is 3.17. The van der Waals surface area contributed by atoms with E-state index in [9.17, 15) is 9.18 Å². The largest absolute Gasteiger partial charge is 0.379 e. The average molecular weight is 194 g/mol. The molecule has 1 saturated heterocycles.